The first-order valence-electron chi connectivity index (χ1n) is 7.09. The van der Waals surface area contributed by atoms with Crippen molar-refractivity contribution in [3.05, 3.63) is 28.8 Å². The van der Waals surface area contributed by atoms with E-state index in [9.17, 15) is 5.11 Å². The first-order valence-corrected chi connectivity index (χ1v) is 7.46. The summed E-state index contributed by atoms with van der Waals surface area (Å²) in [6.07, 6.45) is 3.88. The highest BCUT2D eigenvalue weighted by Crippen LogP contribution is 2.35. The summed E-state index contributed by atoms with van der Waals surface area (Å²) in [4.78, 5) is 2.61. The van der Waals surface area contributed by atoms with E-state index in [2.05, 4.69) is 17.1 Å². The van der Waals surface area contributed by atoms with Gasteiger partial charge in [-0.2, -0.15) is 0 Å². The Bertz CT molecular complexity index is 461. The molecule has 3 rings (SSSR count). The summed E-state index contributed by atoms with van der Waals surface area (Å²) in [6, 6.07) is 7.61. The van der Waals surface area contributed by atoms with Crippen molar-refractivity contribution in [3.63, 3.8) is 0 Å². The second-order valence-corrected chi connectivity index (χ2v) is 6.23. The van der Waals surface area contributed by atoms with Crippen LogP contribution in [0, 0.1) is 0 Å². The predicted octanol–water partition coefficient (Wildman–Crippen LogP) is 2.87. The van der Waals surface area contributed by atoms with E-state index in [0.29, 0.717) is 12.1 Å². The van der Waals surface area contributed by atoms with Crippen LogP contribution in [-0.4, -0.2) is 34.7 Å². The van der Waals surface area contributed by atoms with Gasteiger partial charge in [0.25, 0.3) is 0 Å². The zero-order valence-electron chi connectivity index (χ0n) is 11.3. The van der Waals surface area contributed by atoms with E-state index in [4.69, 9.17) is 11.6 Å². The van der Waals surface area contributed by atoms with Crippen LogP contribution in [0.25, 0.3) is 0 Å². The highest BCUT2D eigenvalue weighted by atomic mass is 35.5. The van der Waals surface area contributed by atoms with Crippen LogP contribution in [-0.2, 0) is 6.61 Å². The van der Waals surface area contributed by atoms with Gasteiger partial charge in [0.1, 0.15) is 0 Å². The molecule has 1 aromatic rings. The molecule has 2 unspecified atom stereocenters. The standard InChI is InChI=1S/C15H21ClN2O/c1-10-6-12(8-18(10)13-3-4-13)17-15-7-11(9-19)2-5-14(15)16/h2,5,7,10,12-13,17,19H,3-4,6,8-9H2,1H3. The van der Waals surface area contributed by atoms with E-state index < -0.39 is 0 Å². The summed E-state index contributed by atoms with van der Waals surface area (Å²) in [5, 5.41) is 13.5. The van der Waals surface area contributed by atoms with Crippen molar-refractivity contribution in [2.24, 2.45) is 0 Å². The number of aliphatic hydroxyl groups is 1. The first-order chi connectivity index (χ1) is 9.17. The van der Waals surface area contributed by atoms with Gasteiger partial charge in [-0.1, -0.05) is 17.7 Å². The number of benzene rings is 1. The van der Waals surface area contributed by atoms with E-state index >= 15 is 0 Å². The predicted molar refractivity (Wildman–Crippen MR) is 78.6 cm³/mol. The third-order valence-electron chi connectivity index (χ3n) is 4.21. The summed E-state index contributed by atoms with van der Waals surface area (Å²) in [5.74, 6) is 0. The molecule has 3 nitrogen and oxygen atoms in total. The minimum atomic E-state index is 0.0567. The Morgan fingerprint density at radius 3 is 2.89 bits per heavy atom. The zero-order valence-corrected chi connectivity index (χ0v) is 12.0. The van der Waals surface area contributed by atoms with Crippen molar-refractivity contribution in [3.8, 4) is 0 Å². The summed E-state index contributed by atoms with van der Waals surface area (Å²) in [7, 11) is 0. The molecule has 2 N–H and O–H groups in total. The number of nitrogens with zero attached hydrogens (tertiary/aromatic N) is 1. The first kappa shape index (κ1) is 13.2. The molecule has 2 fully saturated rings. The number of hydrogen-bond donors (Lipinski definition) is 2. The van der Waals surface area contributed by atoms with Gasteiger partial charge in [0.2, 0.25) is 0 Å². The Balaban J connectivity index is 1.68. The molecule has 2 aliphatic rings. The average Bonchev–Trinajstić information content (AvgIpc) is 3.17. The Kier molecular flexibility index (Phi) is 3.70. The molecule has 1 aliphatic heterocycles. The quantitative estimate of drug-likeness (QED) is 0.890. The maximum absolute atomic E-state index is 9.20. The third kappa shape index (κ3) is 2.88. The molecule has 19 heavy (non-hydrogen) atoms. The van der Waals surface area contributed by atoms with E-state index in [1.54, 1.807) is 0 Å². The van der Waals surface area contributed by atoms with Crippen molar-refractivity contribution in [2.45, 2.75) is 50.9 Å². The second kappa shape index (κ2) is 5.31. The molecular weight excluding hydrogens is 260 g/mol. The molecule has 1 aromatic carbocycles. The fraction of sp³-hybridized carbons (Fsp3) is 0.600. The van der Waals surface area contributed by atoms with Crippen LogP contribution in [0.15, 0.2) is 18.2 Å². The molecule has 0 spiro atoms. The molecule has 1 heterocycles. The van der Waals surface area contributed by atoms with Crippen molar-refractivity contribution in [1.29, 1.82) is 0 Å². The van der Waals surface area contributed by atoms with Gasteiger partial charge in [-0.25, -0.2) is 0 Å². The van der Waals surface area contributed by atoms with Gasteiger partial charge in [0.05, 0.1) is 17.3 Å². The molecule has 1 aliphatic carbocycles. The largest absolute Gasteiger partial charge is 0.392 e. The van der Waals surface area contributed by atoms with Gasteiger partial charge in [-0.15, -0.1) is 0 Å². The molecule has 2 atom stereocenters. The number of anilines is 1. The van der Waals surface area contributed by atoms with Gasteiger partial charge in [-0.3, -0.25) is 4.90 Å². The van der Waals surface area contributed by atoms with Gasteiger partial charge in [0.15, 0.2) is 0 Å². The van der Waals surface area contributed by atoms with Crippen LogP contribution in [0.5, 0.6) is 0 Å². The lowest BCUT2D eigenvalue weighted by atomic mass is 10.1. The molecule has 4 heteroatoms. The fourth-order valence-electron chi connectivity index (χ4n) is 3.08. The van der Waals surface area contributed by atoms with E-state index in [0.717, 1.165) is 35.3 Å². The van der Waals surface area contributed by atoms with Gasteiger partial charge in [-0.05, 0) is 43.9 Å². The summed E-state index contributed by atoms with van der Waals surface area (Å²) < 4.78 is 0. The minimum Gasteiger partial charge on any atom is -0.392 e. The normalized spacial score (nSPS) is 27.7. The van der Waals surface area contributed by atoms with Crippen molar-refractivity contribution >= 4 is 17.3 Å². The number of hydrogen-bond acceptors (Lipinski definition) is 3. The van der Waals surface area contributed by atoms with Gasteiger partial charge < -0.3 is 10.4 Å². The fourth-order valence-corrected chi connectivity index (χ4v) is 3.25. The molecule has 0 aromatic heterocycles. The van der Waals surface area contributed by atoms with Crippen molar-refractivity contribution < 1.29 is 5.11 Å². The Hall–Kier alpha value is -0.770. The topological polar surface area (TPSA) is 35.5 Å². The average molecular weight is 281 g/mol. The molecule has 104 valence electrons. The lowest BCUT2D eigenvalue weighted by Crippen LogP contribution is -2.31. The third-order valence-corrected chi connectivity index (χ3v) is 4.54. The van der Waals surface area contributed by atoms with E-state index in [1.807, 2.05) is 18.2 Å². The second-order valence-electron chi connectivity index (χ2n) is 5.83. The highest BCUT2D eigenvalue weighted by Gasteiger charge is 2.38. The highest BCUT2D eigenvalue weighted by molar-refractivity contribution is 6.33. The smallest absolute Gasteiger partial charge is 0.0682 e. The molecular formula is C15H21ClN2O. The lowest BCUT2D eigenvalue weighted by Gasteiger charge is -2.20. The zero-order chi connectivity index (χ0) is 13.4. The van der Waals surface area contributed by atoms with Crippen molar-refractivity contribution in [1.82, 2.24) is 4.90 Å². The van der Waals surface area contributed by atoms with Gasteiger partial charge >= 0.3 is 0 Å². The van der Waals surface area contributed by atoms with Crippen LogP contribution < -0.4 is 5.32 Å². The SMILES string of the molecule is CC1CC(Nc2cc(CO)ccc2Cl)CN1C1CC1. The Morgan fingerprint density at radius 2 is 2.21 bits per heavy atom. The number of halogens is 1. The lowest BCUT2D eigenvalue weighted by molar-refractivity contribution is 0.257. The monoisotopic (exact) mass is 280 g/mol. The summed E-state index contributed by atoms with van der Waals surface area (Å²) >= 11 is 6.22. The van der Waals surface area contributed by atoms with Gasteiger partial charge in [0, 0.05) is 24.7 Å². The Labute approximate surface area is 119 Å². The number of aliphatic hydroxyl groups excluding tert-OH is 1. The van der Waals surface area contributed by atoms with Crippen molar-refractivity contribution in [2.75, 3.05) is 11.9 Å². The maximum atomic E-state index is 9.20. The molecule has 1 saturated carbocycles. The van der Waals surface area contributed by atoms with Crippen LogP contribution in [0.2, 0.25) is 5.02 Å². The molecule has 0 amide bonds. The minimum absolute atomic E-state index is 0.0567. The van der Waals surface area contributed by atoms with Crippen LogP contribution in [0.4, 0.5) is 5.69 Å². The van der Waals surface area contributed by atoms with Crippen LogP contribution >= 0.6 is 11.6 Å². The molecule has 0 bridgehead atoms. The Morgan fingerprint density at radius 1 is 1.42 bits per heavy atom. The number of nitrogens with one attached hydrogen (secondary N) is 1. The number of rotatable bonds is 4. The van der Waals surface area contributed by atoms with Crippen LogP contribution in [0.1, 0.15) is 31.7 Å². The van der Waals surface area contributed by atoms with E-state index in [-0.39, 0.29) is 6.61 Å². The maximum Gasteiger partial charge on any atom is 0.0682 e. The molecule has 0 radical (unpaired) electrons. The van der Waals surface area contributed by atoms with E-state index in [1.165, 1.54) is 12.8 Å². The van der Waals surface area contributed by atoms with Crippen LogP contribution in [0.3, 0.4) is 0 Å². The molecule has 1 saturated heterocycles. The summed E-state index contributed by atoms with van der Waals surface area (Å²) in [6.45, 7) is 3.47. The summed E-state index contributed by atoms with van der Waals surface area (Å²) in [5.41, 5.74) is 1.85. The number of likely N-dealkylation sites (tertiary alicyclic amines) is 1.